The fraction of sp³-hybridized carbons (Fsp3) is 0.537. The molecule has 2 aliphatic heterocycles. The van der Waals surface area contributed by atoms with E-state index in [9.17, 15) is 27.6 Å². The fourth-order valence-electron chi connectivity index (χ4n) is 7.25. The third-order valence-corrected chi connectivity index (χ3v) is 12.7. The minimum atomic E-state index is -3.87. The van der Waals surface area contributed by atoms with Crippen LogP contribution in [0.25, 0.3) is 22.2 Å². The zero-order valence-corrected chi connectivity index (χ0v) is 32.7. The zero-order chi connectivity index (χ0) is 39.1. The molecule has 0 radical (unpaired) electrons. The molecule has 55 heavy (non-hydrogen) atoms. The van der Waals surface area contributed by atoms with E-state index in [1.54, 1.807) is 6.92 Å². The molecule has 4 bridgehead atoms. The number of cyclic esters (lactones) is 1. The minimum Gasteiger partial charge on any atom is -0.488 e. The summed E-state index contributed by atoms with van der Waals surface area (Å²) in [5.74, 6) is -1.74. The van der Waals surface area contributed by atoms with Gasteiger partial charge in [-0.3, -0.25) is 19.1 Å². The van der Waals surface area contributed by atoms with Crippen molar-refractivity contribution in [1.29, 1.82) is 0 Å². The van der Waals surface area contributed by atoms with Crippen LogP contribution in [0.2, 0.25) is 0 Å². The Hall–Kier alpha value is -4.72. The standard InChI is InChI=1S/C41H53N5O8S/c1-4-6-16-33-40(49)46-25-29(23-35(46)38(47)44-37(26(3)5-2)39(48)45-55(51,52)30-18-19-30)54-36-24-34(28-14-10-7-11-15-28)42-32-20-17-27(22-31(32)36)13-9-8-12-21-53-41(50)43-33/h7,10-11,14-15,17,20,22,24,26,29-30,33,35,37H,4-6,8-9,12-13,16,18-19,21,23,25H2,1-3H3,(H,43,50)(H,44,47)(H,45,48)/t26-,29+,33-,35-,37?/m0/s1. The van der Waals surface area contributed by atoms with Gasteiger partial charge >= 0.3 is 6.09 Å². The molecule has 1 saturated carbocycles. The summed E-state index contributed by atoms with van der Waals surface area (Å²) < 4.78 is 39.9. The molecular weight excluding hydrogens is 723 g/mol. The number of sulfonamides is 1. The number of benzene rings is 2. The second-order valence-corrected chi connectivity index (χ2v) is 17.0. The highest BCUT2D eigenvalue weighted by Gasteiger charge is 2.45. The lowest BCUT2D eigenvalue weighted by molar-refractivity contribution is -0.141. The van der Waals surface area contributed by atoms with E-state index in [0.29, 0.717) is 50.0 Å². The Morgan fingerprint density at radius 1 is 1.04 bits per heavy atom. The molecule has 2 aromatic carbocycles. The molecule has 2 fully saturated rings. The van der Waals surface area contributed by atoms with Crippen LogP contribution in [0.5, 0.6) is 5.75 Å². The Morgan fingerprint density at radius 2 is 1.82 bits per heavy atom. The lowest BCUT2D eigenvalue weighted by atomic mass is 9.98. The number of aromatic nitrogens is 1. The Labute approximate surface area is 323 Å². The predicted octanol–water partition coefficient (Wildman–Crippen LogP) is 5.40. The van der Waals surface area contributed by atoms with Crippen molar-refractivity contribution in [1.82, 2.24) is 25.2 Å². The number of nitrogens with zero attached hydrogens (tertiary/aromatic N) is 2. The SMILES string of the molecule is CCCC[C@@H]1NC(=O)OCCCCCc2ccc3nc(-c4ccccc4)cc(c3c2)O[C@@H]2C[C@@H](C(=O)NC(C(=O)NS(=O)(=O)C3CC3)[C@@H](C)CC)N(C2)C1=O. The first-order chi connectivity index (χ1) is 26.5. The van der Waals surface area contributed by atoms with Gasteiger partial charge in [0.05, 0.1) is 29.6 Å². The molecule has 14 heteroatoms. The largest absolute Gasteiger partial charge is 0.488 e. The van der Waals surface area contributed by atoms with E-state index in [1.807, 2.05) is 56.3 Å². The number of carbonyl (C=O) groups excluding carboxylic acids is 4. The number of hydrogen-bond donors (Lipinski definition) is 3. The number of amides is 4. The number of hydrogen-bond acceptors (Lipinski definition) is 9. The number of aryl methyl sites for hydroxylation is 1. The van der Waals surface area contributed by atoms with Crippen LogP contribution >= 0.6 is 0 Å². The Kier molecular flexibility index (Phi) is 12.9. The van der Waals surface area contributed by atoms with E-state index in [4.69, 9.17) is 14.5 Å². The highest BCUT2D eigenvalue weighted by atomic mass is 32.2. The van der Waals surface area contributed by atoms with Crippen LogP contribution in [0.4, 0.5) is 4.79 Å². The quantitative estimate of drug-likeness (QED) is 0.231. The number of alkyl carbamates (subject to hydrolysis) is 1. The minimum absolute atomic E-state index is 0.0245. The molecule has 5 atom stereocenters. The topological polar surface area (TPSA) is 173 Å². The van der Waals surface area contributed by atoms with Gasteiger partial charge < -0.3 is 25.0 Å². The van der Waals surface area contributed by atoms with Crippen molar-refractivity contribution in [3.8, 4) is 17.0 Å². The number of nitrogens with one attached hydrogen (secondary N) is 3. The van der Waals surface area contributed by atoms with Gasteiger partial charge in [0.1, 0.15) is 30.0 Å². The molecule has 1 aromatic heterocycles. The number of ether oxygens (including phenoxy) is 2. The van der Waals surface area contributed by atoms with Gasteiger partial charge in [0, 0.05) is 23.4 Å². The molecule has 6 rings (SSSR count). The summed E-state index contributed by atoms with van der Waals surface area (Å²) in [5.41, 5.74) is 3.46. The molecule has 3 N–H and O–H groups in total. The van der Waals surface area contributed by atoms with Crippen LogP contribution in [0.15, 0.2) is 54.6 Å². The summed E-state index contributed by atoms with van der Waals surface area (Å²) in [6.07, 6.45) is 5.10. The molecule has 3 aliphatic rings. The first-order valence-corrected chi connectivity index (χ1v) is 21.3. The summed E-state index contributed by atoms with van der Waals surface area (Å²) in [7, 11) is -3.87. The summed E-state index contributed by atoms with van der Waals surface area (Å²) >= 11 is 0. The van der Waals surface area contributed by atoms with Crippen molar-refractivity contribution in [2.75, 3.05) is 13.2 Å². The maximum Gasteiger partial charge on any atom is 0.407 e. The normalized spacial score (nSPS) is 22.1. The molecule has 0 spiro atoms. The molecular formula is C41H53N5O8S. The maximum atomic E-state index is 14.5. The van der Waals surface area contributed by atoms with Gasteiger partial charge in [-0.05, 0) is 68.6 Å². The van der Waals surface area contributed by atoms with E-state index >= 15 is 0 Å². The Bertz CT molecular complexity index is 1970. The van der Waals surface area contributed by atoms with Crippen molar-refractivity contribution in [2.24, 2.45) is 5.92 Å². The summed E-state index contributed by atoms with van der Waals surface area (Å²) in [6.45, 7) is 5.82. The average molecular weight is 776 g/mol. The van der Waals surface area contributed by atoms with Crippen molar-refractivity contribution >= 4 is 44.7 Å². The van der Waals surface area contributed by atoms with Crippen LogP contribution in [-0.2, 0) is 35.6 Å². The molecule has 296 valence electrons. The molecule has 1 aliphatic carbocycles. The molecule has 1 unspecified atom stereocenters. The lowest BCUT2D eigenvalue weighted by Gasteiger charge is -2.30. The third kappa shape index (κ3) is 9.94. The second-order valence-electron chi connectivity index (χ2n) is 15.1. The first kappa shape index (κ1) is 40.0. The second kappa shape index (κ2) is 17.8. The van der Waals surface area contributed by atoms with E-state index < -0.39 is 69.2 Å². The lowest BCUT2D eigenvalue weighted by Crippen LogP contribution is -2.58. The number of unbranched alkanes of at least 4 members (excludes halogenated alkanes) is 1. The Morgan fingerprint density at radius 3 is 2.55 bits per heavy atom. The van der Waals surface area contributed by atoms with Crippen LogP contribution in [0.1, 0.15) is 90.5 Å². The third-order valence-electron chi connectivity index (χ3n) is 10.8. The zero-order valence-electron chi connectivity index (χ0n) is 31.9. The molecule has 4 amide bonds. The van der Waals surface area contributed by atoms with Crippen LogP contribution < -0.4 is 20.1 Å². The van der Waals surface area contributed by atoms with Gasteiger partial charge in [-0.1, -0.05) is 76.4 Å². The molecule has 1 saturated heterocycles. The van der Waals surface area contributed by atoms with Crippen LogP contribution in [0.3, 0.4) is 0 Å². The summed E-state index contributed by atoms with van der Waals surface area (Å²) in [5, 5.41) is 5.76. The summed E-state index contributed by atoms with van der Waals surface area (Å²) in [6, 6.07) is 14.6. The monoisotopic (exact) mass is 775 g/mol. The van der Waals surface area contributed by atoms with Gasteiger partial charge in [0.15, 0.2) is 0 Å². The van der Waals surface area contributed by atoms with Gasteiger partial charge in [0.25, 0.3) is 5.91 Å². The first-order valence-electron chi connectivity index (χ1n) is 19.7. The molecule has 3 heterocycles. The highest BCUT2D eigenvalue weighted by molar-refractivity contribution is 7.90. The van der Waals surface area contributed by atoms with Crippen molar-refractivity contribution in [2.45, 2.75) is 121 Å². The van der Waals surface area contributed by atoms with Gasteiger partial charge in [-0.15, -0.1) is 0 Å². The van der Waals surface area contributed by atoms with Gasteiger partial charge in [-0.25, -0.2) is 18.2 Å². The van der Waals surface area contributed by atoms with E-state index in [1.165, 1.54) is 4.90 Å². The summed E-state index contributed by atoms with van der Waals surface area (Å²) in [4.78, 5) is 61.6. The fourth-order valence-corrected chi connectivity index (χ4v) is 8.58. The van der Waals surface area contributed by atoms with Gasteiger partial charge in [-0.2, -0.15) is 0 Å². The van der Waals surface area contributed by atoms with Crippen molar-refractivity contribution in [3.63, 3.8) is 0 Å². The molecule has 13 nitrogen and oxygen atoms in total. The number of carbonyl (C=O) groups is 4. The average Bonchev–Trinajstić information content (AvgIpc) is 3.97. The van der Waals surface area contributed by atoms with Crippen LogP contribution in [0, 0.1) is 5.92 Å². The highest BCUT2D eigenvalue weighted by Crippen LogP contribution is 2.34. The van der Waals surface area contributed by atoms with Crippen LogP contribution in [-0.4, -0.2) is 84.7 Å². The van der Waals surface area contributed by atoms with E-state index in [-0.39, 0.29) is 19.6 Å². The van der Waals surface area contributed by atoms with E-state index in [0.717, 1.165) is 47.7 Å². The van der Waals surface area contributed by atoms with E-state index in [2.05, 4.69) is 27.5 Å². The smallest absolute Gasteiger partial charge is 0.407 e. The molecule has 3 aromatic rings. The van der Waals surface area contributed by atoms with Crippen molar-refractivity contribution in [3.05, 3.63) is 60.2 Å². The predicted molar refractivity (Wildman–Crippen MR) is 209 cm³/mol. The van der Waals surface area contributed by atoms with Gasteiger partial charge in [0.2, 0.25) is 21.8 Å². The number of rotatable bonds is 11. The Balaban J connectivity index is 1.36. The maximum absolute atomic E-state index is 14.5. The number of fused-ring (bicyclic) bond motifs is 3. The van der Waals surface area contributed by atoms with Crippen molar-refractivity contribution < 1.29 is 37.1 Å². The number of pyridine rings is 1.